The number of hydrogen-bond acceptors (Lipinski definition) is 5. The van der Waals surface area contributed by atoms with Crippen molar-refractivity contribution in [2.75, 3.05) is 13.2 Å². The van der Waals surface area contributed by atoms with E-state index in [0.717, 1.165) is 32.1 Å². The van der Waals surface area contributed by atoms with Crippen LogP contribution in [0.4, 0.5) is 0 Å². The second kappa shape index (κ2) is 7.25. The van der Waals surface area contributed by atoms with Crippen molar-refractivity contribution >= 4 is 33.7 Å². The van der Waals surface area contributed by atoms with Crippen molar-refractivity contribution in [2.45, 2.75) is 63.6 Å². The van der Waals surface area contributed by atoms with Crippen LogP contribution >= 0.6 is 15.9 Å². The summed E-state index contributed by atoms with van der Waals surface area (Å²) in [6, 6.07) is 0. The van der Waals surface area contributed by atoms with Gasteiger partial charge in [-0.05, 0) is 71.1 Å². The number of hydrogen-bond donors (Lipinski definition) is 1. The number of ether oxygens (including phenoxy) is 2. The van der Waals surface area contributed by atoms with Gasteiger partial charge in [-0.2, -0.15) is 0 Å². The predicted molar refractivity (Wildman–Crippen MR) is 110 cm³/mol. The fourth-order valence-electron chi connectivity index (χ4n) is 6.33. The number of aryl methyl sites for hydroxylation is 2. The number of esters is 2. The number of ketones is 1. The molecule has 1 aromatic heterocycles. The summed E-state index contributed by atoms with van der Waals surface area (Å²) in [5.41, 5.74) is 1.19. The molecule has 1 N–H and O–H groups in total. The van der Waals surface area contributed by atoms with Crippen LogP contribution in [0.15, 0.2) is 0 Å². The average molecular weight is 466 g/mol. The lowest BCUT2D eigenvalue weighted by Crippen LogP contribution is -2.56. The Hall–Kier alpha value is -1.63. The third-order valence-corrected chi connectivity index (χ3v) is 7.82. The number of carbonyl (C=O) groups is 3. The summed E-state index contributed by atoms with van der Waals surface area (Å²) in [7, 11) is 0. The average Bonchev–Trinajstić information content (AvgIpc) is 2.91. The van der Waals surface area contributed by atoms with Gasteiger partial charge in [0.2, 0.25) is 5.78 Å². The van der Waals surface area contributed by atoms with Gasteiger partial charge < -0.3 is 14.5 Å². The highest BCUT2D eigenvalue weighted by molar-refractivity contribution is 9.10. The Morgan fingerprint density at radius 3 is 2.24 bits per heavy atom. The second-order valence-electron chi connectivity index (χ2n) is 9.24. The number of nitrogens with one attached hydrogen (secondary N) is 1. The largest absolute Gasteiger partial charge is 0.462 e. The Kier molecular flexibility index (Phi) is 5.16. The number of aromatic nitrogens is 1. The maximum Gasteiger partial charge on any atom is 0.340 e. The highest BCUT2D eigenvalue weighted by Crippen LogP contribution is 2.64. The minimum Gasteiger partial charge on any atom is -0.462 e. The molecular weight excluding hydrogens is 438 g/mol. The molecule has 4 saturated carbocycles. The van der Waals surface area contributed by atoms with Crippen molar-refractivity contribution in [3.63, 3.8) is 0 Å². The van der Waals surface area contributed by atoms with Gasteiger partial charge in [-0.25, -0.2) is 4.79 Å². The summed E-state index contributed by atoms with van der Waals surface area (Å²) in [6.45, 7) is 5.06. The van der Waals surface area contributed by atoms with Crippen LogP contribution in [0.3, 0.4) is 0 Å². The van der Waals surface area contributed by atoms with Gasteiger partial charge in [0.1, 0.15) is 0 Å². The van der Waals surface area contributed by atoms with Crippen molar-refractivity contribution in [2.24, 2.45) is 17.3 Å². The van der Waals surface area contributed by atoms with E-state index in [9.17, 15) is 14.4 Å². The van der Waals surface area contributed by atoms with Crippen LogP contribution in [0.1, 0.15) is 77.6 Å². The van der Waals surface area contributed by atoms with Crippen LogP contribution in [-0.2, 0) is 14.3 Å². The van der Waals surface area contributed by atoms with E-state index in [4.69, 9.17) is 9.47 Å². The first-order valence-electron chi connectivity index (χ1n) is 10.4. The van der Waals surface area contributed by atoms with Gasteiger partial charge in [0.25, 0.3) is 0 Å². The molecule has 0 saturated heterocycles. The number of carbonyl (C=O) groups excluding carboxylic acids is 3. The highest BCUT2D eigenvalue weighted by Gasteiger charge is 2.60. The molecule has 7 heteroatoms. The molecule has 6 nitrogen and oxygen atoms in total. The summed E-state index contributed by atoms with van der Waals surface area (Å²) in [5.74, 6) is -0.0491. The molecule has 0 amide bonds. The number of rotatable bonds is 6. The SMILES string of the molecule is CCOC(=O)c1c(C)[nH]c(C)c1C(=O)COC(=O)C12C[C@@H]3C[C@@H](CC(Br)(C3)C1)C2. The van der Waals surface area contributed by atoms with Crippen LogP contribution in [0.25, 0.3) is 0 Å². The van der Waals surface area contributed by atoms with Crippen LogP contribution < -0.4 is 0 Å². The molecule has 1 heterocycles. The van der Waals surface area contributed by atoms with Crippen molar-refractivity contribution < 1.29 is 23.9 Å². The van der Waals surface area contributed by atoms with Gasteiger partial charge in [0, 0.05) is 15.7 Å². The molecule has 29 heavy (non-hydrogen) atoms. The van der Waals surface area contributed by atoms with E-state index in [-0.39, 0.29) is 40.4 Å². The summed E-state index contributed by atoms with van der Waals surface area (Å²) in [6.07, 6.45) is 5.97. The number of H-pyrrole nitrogens is 1. The molecular formula is C22H28BrNO5. The molecule has 0 aromatic carbocycles. The van der Waals surface area contributed by atoms with Crippen LogP contribution in [0.5, 0.6) is 0 Å². The Balaban J connectivity index is 1.48. The van der Waals surface area contributed by atoms with Crippen molar-refractivity contribution in [3.05, 3.63) is 22.5 Å². The topological polar surface area (TPSA) is 85.5 Å². The highest BCUT2D eigenvalue weighted by atomic mass is 79.9. The summed E-state index contributed by atoms with van der Waals surface area (Å²) in [5, 5.41) is 0. The van der Waals surface area contributed by atoms with Gasteiger partial charge in [-0.15, -0.1) is 0 Å². The Morgan fingerprint density at radius 2 is 1.66 bits per heavy atom. The minimum atomic E-state index is -0.536. The maximum absolute atomic E-state index is 13.1. The number of halogens is 1. The number of alkyl halides is 1. The Morgan fingerprint density at radius 1 is 1.03 bits per heavy atom. The van der Waals surface area contributed by atoms with Crippen LogP contribution in [-0.4, -0.2) is 40.2 Å². The van der Waals surface area contributed by atoms with Crippen molar-refractivity contribution in [3.8, 4) is 0 Å². The van der Waals surface area contributed by atoms with Gasteiger partial charge >= 0.3 is 11.9 Å². The fraction of sp³-hybridized carbons (Fsp3) is 0.682. The summed E-state index contributed by atoms with van der Waals surface area (Å²) < 4.78 is 10.7. The molecule has 4 atom stereocenters. The van der Waals surface area contributed by atoms with Crippen molar-refractivity contribution in [1.82, 2.24) is 4.98 Å². The standard InChI is InChI=1S/C22H28BrNO5/c1-4-28-19(26)18-13(3)24-12(2)17(18)16(25)10-29-20(27)21-6-14-5-15(7-21)9-22(23,8-14)11-21/h14-15,24H,4-11H2,1-3H3/t14-,15+,21?,22?. The lowest BCUT2D eigenvalue weighted by Gasteiger charge is -2.58. The molecule has 4 fully saturated rings. The van der Waals surface area contributed by atoms with E-state index < -0.39 is 11.4 Å². The molecule has 4 aliphatic rings. The van der Waals surface area contributed by atoms with Crippen molar-refractivity contribution in [1.29, 1.82) is 0 Å². The van der Waals surface area contributed by atoms with E-state index in [1.807, 2.05) is 0 Å². The molecule has 2 unspecified atom stereocenters. The fourth-order valence-corrected chi connectivity index (χ4v) is 7.79. The number of aromatic amines is 1. The Bertz CT molecular complexity index is 859. The van der Waals surface area contributed by atoms with Crippen LogP contribution in [0.2, 0.25) is 0 Å². The zero-order chi connectivity index (χ0) is 21.0. The third-order valence-electron chi connectivity index (χ3n) is 6.89. The monoisotopic (exact) mass is 465 g/mol. The van der Waals surface area contributed by atoms with Gasteiger partial charge in [-0.3, -0.25) is 9.59 Å². The molecule has 0 radical (unpaired) electrons. The minimum absolute atomic E-state index is 0.0472. The molecule has 0 spiro atoms. The molecule has 158 valence electrons. The summed E-state index contributed by atoms with van der Waals surface area (Å²) >= 11 is 3.90. The van der Waals surface area contributed by atoms with E-state index in [0.29, 0.717) is 23.2 Å². The van der Waals surface area contributed by atoms with Gasteiger partial charge in [0.05, 0.1) is 23.1 Å². The molecule has 1 aromatic rings. The summed E-state index contributed by atoms with van der Waals surface area (Å²) in [4.78, 5) is 41.3. The first-order chi connectivity index (χ1) is 13.7. The first-order valence-corrected chi connectivity index (χ1v) is 11.2. The van der Waals surface area contributed by atoms with E-state index in [2.05, 4.69) is 20.9 Å². The Labute approximate surface area is 179 Å². The van der Waals surface area contributed by atoms with E-state index >= 15 is 0 Å². The van der Waals surface area contributed by atoms with Crippen LogP contribution in [0, 0.1) is 31.1 Å². The maximum atomic E-state index is 13.1. The number of Topliss-reactive ketones (excluding diaryl/α,β-unsaturated/α-hetero) is 1. The molecule has 4 aliphatic carbocycles. The molecule has 4 bridgehead atoms. The van der Waals surface area contributed by atoms with E-state index in [1.54, 1.807) is 20.8 Å². The molecule has 0 aliphatic heterocycles. The smallest absolute Gasteiger partial charge is 0.340 e. The zero-order valence-electron chi connectivity index (χ0n) is 17.2. The zero-order valence-corrected chi connectivity index (χ0v) is 18.8. The lowest BCUT2D eigenvalue weighted by atomic mass is 9.49. The lowest BCUT2D eigenvalue weighted by molar-refractivity contribution is -0.168. The van der Waals surface area contributed by atoms with E-state index in [1.165, 1.54) is 6.42 Å². The van der Waals surface area contributed by atoms with Gasteiger partial charge in [-0.1, -0.05) is 15.9 Å². The van der Waals surface area contributed by atoms with Gasteiger partial charge in [0.15, 0.2) is 6.61 Å². The predicted octanol–water partition coefficient (Wildman–Crippen LogP) is 4.27. The third kappa shape index (κ3) is 3.56. The molecule has 5 rings (SSSR count). The second-order valence-corrected chi connectivity index (χ2v) is 10.9. The normalized spacial score (nSPS) is 32.3. The first kappa shape index (κ1) is 20.6. The quantitative estimate of drug-likeness (QED) is 0.385.